The fraction of sp³-hybridized carbons (Fsp3) is 0.0769. The maximum absolute atomic E-state index is 13.2. The van der Waals surface area contributed by atoms with Crippen LogP contribution in [0, 0.1) is 5.82 Å². The number of nitrogens with one attached hydrogen (secondary N) is 1. The molecule has 0 spiro atoms. The molecule has 0 saturated heterocycles. The van der Waals surface area contributed by atoms with E-state index in [1.807, 2.05) is 0 Å². The largest absolute Gasteiger partial charge is 0.381 e. The maximum atomic E-state index is 13.2. The zero-order valence-electron chi connectivity index (χ0n) is 10.3. The number of hydrogen-bond donors (Lipinski definition) is 2. The lowest BCUT2D eigenvalue weighted by molar-refractivity contribution is 0.598. The van der Waals surface area contributed by atoms with Crippen LogP contribution >= 0.6 is 11.6 Å². The SMILES string of the molecule is NS(=O)(=O)c1cccc(NCc2cc(F)cc(Cl)c2)c1. The fourth-order valence-corrected chi connectivity index (χ4v) is 2.50. The number of hydrogen-bond acceptors (Lipinski definition) is 3. The number of halogens is 2. The number of primary sulfonamides is 1. The minimum absolute atomic E-state index is 0.0137. The van der Waals surface area contributed by atoms with Gasteiger partial charge in [-0.15, -0.1) is 0 Å². The molecular formula is C13H12ClFN2O2S. The second-order valence-corrected chi connectivity index (χ2v) is 6.20. The molecule has 2 rings (SSSR count). The Hall–Kier alpha value is -1.63. The summed E-state index contributed by atoms with van der Waals surface area (Å²) in [5.74, 6) is -0.424. The highest BCUT2D eigenvalue weighted by Gasteiger charge is 2.07. The van der Waals surface area contributed by atoms with Crippen molar-refractivity contribution in [1.29, 1.82) is 0 Å². The third-order valence-electron chi connectivity index (χ3n) is 2.58. The monoisotopic (exact) mass is 314 g/mol. The van der Waals surface area contributed by atoms with E-state index >= 15 is 0 Å². The molecule has 20 heavy (non-hydrogen) atoms. The zero-order valence-corrected chi connectivity index (χ0v) is 11.9. The molecule has 106 valence electrons. The average molecular weight is 315 g/mol. The summed E-state index contributed by atoms with van der Waals surface area (Å²) in [5.41, 5.74) is 1.22. The molecule has 0 aliphatic heterocycles. The van der Waals surface area contributed by atoms with E-state index in [0.717, 1.165) is 0 Å². The van der Waals surface area contributed by atoms with Gasteiger partial charge in [0.2, 0.25) is 10.0 Å². The summed E-state index contributed by atoms with van der Waals surface area (Å²) in [4.78, 5) is 0.0137. The van der Waals surface area contributed by atoms with Crippen molar-refractivity contribution in [3.63, 3.8) is 0 Å². The van der Waals surface area contributed by atoms with E-state index < -0.39 is 15.8 Å². The van der Waals surface area contributed by atoms with Gasteiger partial charge < -0.3 is 5.32 Å². The molecular weight excluding hydrogens is 303 g/mol. The van der Waals surface area contributed by atoms with E-state index in [-0.39, 0.29) is 4.90 Å². The lowest BCUT2D eigenvalue weighted by Gasteiger charge is -2.08. The normalized spacial score (nSPS) is 11.3. The minimum atomic E-state index is -3.74. The van der Waals surface area contributed by atoms with E-state index in [1.54, 1.807) is 18.2 Å². The van der Waals surface area contributed by atoms with Gasteiger partial charge in [0.25, 0.3) is 0 Å². The van der Waals surface area contributed by atoms with Crippen molar-refractivity contribution in [2.24, 2.45) is 5.14 Å². The fourth-order valence-electron chi connectivity index (χ4n) is 1.70. The topological polar surface area (TPSA) is 72.2 Å². The number of anilines is 1. The van der Waals surface area contributed by atoms with Crippen molar-refractivity contribution in [3.05, 3.63) is 58.9 Å². The maximum Gasteiger partial charge on any atom is 0.238 e. The Morgan fingerprint density at radius 2 is 1.95 bits per heavy atom. The third kappa shape index (κ3) is 3.93. The van der Waals surface area contributed by atoms with Gasteiger partial charge >= 0.3 is 0 Å². The van der Waals surface area contributed by atoms with Gasteiger partial charge in [-0.1, -0.05) is 17.7 Å². The second-order valence-electron chi connectivity index (χ2n) is 4.20. The van der Waals surface area contributed by atoms with E-state index in [0.29, 0.717) is 22.8 Å². The number of benzene rings is 2. The Morgan fingerprint density at radius 3 is 2.60 bits per heavy atom. The van der Waals surface area contributed by atoms with Gasteiger partial charge in [0.05, 0.1) is 4.90 Å². The van der Waals surface area contributed by atoms with Gasteiger partial charge in [0.1, 0.15) is 5.82 Å². The van der Waals surface area contributed by atoms with Gasteiger partial charge in [-0.25, -0.2) is 17.9 Å². The van der Waals surface area contributed by atoms with E-state index in [4.69, 9.17) is 16.7 Å². The molecule has 0 aliphatic carbocycles. The lowest BCUT2D eigenvalue weighted by Crippen LogP contribution is -2.12. The molecule has 0 aromatic heterocycles. The molecule has 0 bridgehead atoms. The molecule has 2 aromatic rings. The highest BCUT2D eigenvalue weighted by atomic mass is 35.5. The number of sulfonamides is 1. The Morgan fingerprint density at radius 1 is 1.20 bits per heavy atom. The molecule has 0 saturated carbocycles. The standard InChI is InChI=1S/C13H12ClFN2O2S/c14-10-4-9(5-11(15)6-10)8-17-12-2-1-3-13(7-12)20(16,18)19/h1-7,17H,8H2,(H2,16,18,19). The van der Waals surface area contributed by atoms with Crippen molar-refractivity contribution in [2.75, 3.05) is 5.32 Å². The molecule has 0 fully saturated rings. The number of rotatable bonds is 4. The molecule has 2 aromatic carbocycles. The van der Waals surface area contributed by atoms with E-state index in [1.165, 1.54) is 24.3 Å². The van der Waals surface area contributed by atoms with Crippen LogP contribution in [0.1, 0.15) is 5.56 Å². The predicted octanol–water partition coefficient (Wildman–Crippen LogP) is 2.74. The molecule has 0 atom stereocenters. The zero-order chi connectivity index (χ0) is 14.8. The first-order valence-corrected chi connectivity index (χ1v) is 7.59. The predicted molar refractivity (Wildman–Crippen MR) is 76.6 cm³/mol. The van der Waals surface area contributed by atoms with Gasteiger partial charge in [0.15, 0.2) is 0 Å². The summed E-state index contributed by atoms with van der Waals surface area (Å²) in [6.07, 6.45) is 0. The summed E-state index contributed by atoms with van der Waals surface area (Å²) in [6.45, 7) is 0.311. The first kappa shape index (κ1) is 14.8. The first-order valence-electron chi connectivity index (χ1n) is 5.66. The van der Waals surface area contributed by atoms with Gasteiger partial charge in [-0.05, 0) is 42.0 Å². The van der Waals surface area contributed by atoms with Crippen molar-refractivity contribution in [2.45, 2.75) is 11.4 Å². The highest BCUT2D eigenvalue weighted by Crippen LogP contribution is 2.17. The lowest BCUT2D eigenvalue weighted by atomic mass is 10.2. The molecule has 0 aliphatic rings. The van der Waals surface area contributed by atoms with Crippen LogP contribution in [-0.4, -0.2) is 8.42 Å². The van der Waals surface area contributed by atoms with Crippen molar-refractivity contribution in [1.82, 2.24) is 0 Å². The molecule has 0 unspecified atom stereocenters. The van der Waals surface area contributed by atoms with Crippen molar-refractivity contribution < 1.29 is 12.8 Å². The minimum Gasteiger partial charge on any atom is -0.381 e. The van der Waals surface area contributed by atoms with E-state index in [9.17, 15) is 12.8 Å². The Kier molecular flexibility index (Phi) is 4.27. The Bertz CT molecular complexity index is 715. The highest BCUT2D eigenvalue weighted by molar-refractivity contribution is 7.89. The van der Waals surface area contributed by atoms with Crippen LogP contribution in [0.3, 0.4) is 0 Å². The smallest absolute Gasteiger partial charge is 0.238 e. The van der Waals surface area contributed by atoms with Gasteiger partial charge in [-0.3, -0.25) is 0 Å². The molecule has 0 amide bonds. The summed E-state index contributed by atoms with van der Waals surface area (Å²) < 4.78 is 35.6. The van der Waals surface area contributed by atoms with Gasteiger partial charge in [0, 0.05) is 17.3 Å². The summed E-state index contributed by atoms with van der Waals surface area (Å²) in [7, 11) is -3.74. The third-order valence-corrected chi connectivity index (χ3v) is 3.71. The van der Waals surface area contributed by atoms with Crippen LogP contribution in [0.25, 0.3) is 0 Å². The summed E-state index contributed by atoms with van der Waals surface area (Å²) in [5, 5.41) is 8.34. The van der Waals surface area contributed by atoms with Crippen LogP contribution in [-0.2, 0) is 16.6 Å². The molecule has 7 heteroatoms. The van der Waals surface area contributed by atoms with Crippen molar-refractivity contribution in [3.8, 4) is 0 Å². The van der Waals surface area contributed by atoms with Crippen LogP contribution in [0.4, 0.5) is 10.1 Å². The number of nitrogens with two attached hydrogens (primary N) is 1. The summed E-state index contributed by atoms with van der Waals surface area (Å²) in [6, 6.07) is 10.3. The molecule has 0 radical (unpaired) electrons. The van der Waals surface area contributed by atoms with Crippen LogP contribution in [0.5, 0.6) is 0 Å². The first-order chi connectivity index (χ1) is 9.34. The molecule has 3 N–H and O–H groups in total. The molecule has 4 nitrogen and oxygen atoms in total. The van der Waals surface area contributed by atoms with Crippen molar-refractivity contribution >= 4 is 27.3 Å². The van der Waals surface area contributed by atoms with Gasteiger partial charge in [-0.2, -0.15) is 0 Å². The second kappa shape index (κ2) is 5.78. The Labute approximate surface area is 121 Å². The average Bonchev–Trinajstić information content (AvgIpc) is 2.35. The van der Waals surface area contributed by atoms with Crippen LogP contribution in [0.2, 0.25) is 5.02 Å². The van der Waals surface area contributed by atoms with Crippen LogP contribution in [0.15, 0.2) is 47.4 Å². The molecule has 0 heterocycles. The quantitative estimate of drug-likeness (QED) is 0.911. The van der Waals surface area contributed by atoms with Crippen LogP contribution < -0.4 is 10.5 Å². The Balaban J connectivity index is 2.15. The summed E-state index contributed by atoms with van der Waals surface area (Å²) >= 11 is 5.75. The van der Waals surface area contributed by atoms with E-state index in [2.05, 4.69) is 5.32 Å².